The van der Waals surface area contributed by atoms with Crippen LogP contribution in [0.5, 0.6) is 0 Å². The van der Waals surface area contributed by atoms with E-state index in [-0.39, 0.29) is 24.5 Å². The number of carboxylic acid groups (broad SMARTS) is 1. The molecular weight excluding hydrogens is 196 g/mol. The lowest BCUT2D eigenvalue weighted by atomic mass is 10.1. The number of carbonyl (C=O) groups excluding carboxylic acids is 1. The normalized spacial score (nSPS) is 21.5. The molecule has 0 unspecified atom stereocenters. The van der Waals surface area contributed by atoms with Gasteiger partial charge >= 0.3 is 5.97 Å². The third-order valence-corrected chi connectivity index (χ3v) is 2.80. The molecule has 1 aliphatic heterocycles. The Bertz CT molecular complexity index is 321. The molecule has 0 radical (unpaired) electrons. The molecule has 0 aromatic rings. The van der Waals surface area contributed by atoms with E-state index in [1.807, 2.05) is 0 Å². The number of aliphatic carboxylic acids is 1. The van der Waals surface area contributed by atoms with E-state index in [0.717, 1.165) is 12.3 Å². The van der Waals surface area contributed by atoms with E-state index in [0.29, 0.717) is 6.54 Å². The zero-order chi connectivity index (χ0) is 10.8. The Morgan fingerprint density at radius 3 is 2.80 bits per heavy atom. The molecule has 1 saturated carbocycles. The van der Waals surface area contributed by atoms with Crippen LogP contribution in [0.2, 0.25) is 0 Å². The number of hydrogen-bond donors (Lipinski definition) is 1. The van der Waals surface area contributed by atoms with Crippen molar-refractivity contribution in [2.75, 3.05) is 6.54 Å². The number of amides is 1. The van der Waals surface area contributed by atoms with Gasteiger partial charge in [0.15, 0.2) is 0 Å². The molecule has 1 fully saturated rings. The van der Waals surface area contributed by atoms with Gasteiger partial charge in [-0.15, -0.1) is 0 Å². The van der Waals surface area contributed by atoms with Crippen LogP contribution in [0.15, 0.2) is 5.10 Å². The molecule has 0 bridgehead atoms. The van der Waals surface area contributed by atoms with Gasteiger partial charge in [0.2, 0.25) is 5.91 Å². The molecule has 5 heteroatoms. The van der Waals surface area contributed by atoms with E-state index in [2.05, 4.69) is 5.10 Å². The molecule has 15 heavy (non-hydrogen) atoms. The van der Waals surface area contributed by atoms with Crippen LogP contribution < -0.4 is 0 Å². The van der Waals surface area contributed by atoms with Gasteiger partial charge in [0, 0.05) is 19.4 Å². The van der Waals surface area contributed by atoms with Crippen molar-refractivity contribution in [2.45, 2.75) is 32.1 Å². The molecule has 82 valence electrons. The minimum absolute atomic E-state index is 0.0550. The molecular formula is C10H14N2O3. The van der Waals surface area contributed by atoms with Crippen LogP contribution in [0, 0.1) is 5.92 Å². The summed E-state index contributed by atoms with van der Waals surface area (Å²) in [6.45, 7) is 0.570. The predicted octanol–water partition coefficient (Wildman–Crippen LogP) is 0.849. The van der Waals surface area contributed by atoms with E-state index in [1.165, 1.54) is 17.9 Å². The first-order chi connectivity index (χ1) is 7.16. The molecule has 2 rings (SSSR count). The summed E-state index contributed by atoms with van der Waals surface area (Å²) < 4.78 is 0. The van der Waals surface area contributed by atoms with Gasteiger partial charge < -0.3 is 5.11 Å². The summed E-state index contributed by atoms with van der Waals surface area (Å²) in [6, 6.07) is 0. The van der Waals surface area contributed by atoms with E-state index >= 15 is 0 Å². The SMILES string of the molecule is O=C(O)C1=NN(CCC2CC2)C(=O)CC1. The quantitative estimate of drug-likeness (QED) is 0.747. The minimum atomic E-state index is -1.01. The summed E-state index contributed by atoms with van der Waals surface area (Å²) in [5.41, 5.74) is 0.102. The van der Waals surface area contributed by atoms with Crippen LogP contribution in [0.1, 0.15) is 32.1 Å². The van der Waals surface area contributed by atoms with Gasteiger partial charge in [-0.05, 0) is 12.3 Å². The molecule has 2 aliphatic rings. The number of carbonyl (C=O) groups is 2. The van der Waals surface area contributed by atoms with Crippen molar-refractivity contribution in [1.29, 1.82) is 0 Å². The summed E-state index contributed by atoms with van der Waals surface area (Å²) in [4.78, 5) is 22.1. The van der Waals surface area contributed by atoms with Crippen LogP contribution in [0.25, 0.3) is 0 Å². The maximum absolute atomic E-state index is 11.4. The van der Waals surface area contributed by atoms with E-state index in [1.54, 1.807) is 0 Å². The molecule has 0 aromatic carbocycles. The predicted molar refractivity (Wildman–Crippen MR) is 53.4 cm³/mol. The second-order valence-corrected chi connectivity index (χ2v) is 4.10. The lowest BCUT2D eigenvalue weighted by molar-refractivity contribution is -0.133. The maximum Gasteiger partial charge on any atom is 0.352 e. The Kier molecular flexibility index (Phi) is 2.70. The Labute approximate surface area is 87.8 Å². The van der Waals surface area contributed by atoms with Crippen molar-refractivity contribution in [1.82, 2.24) is 5.01 Å². The minimum Gasteiger partial charge on any atom is -0.477 e. The van der Waals surface area contributed by atoms with Crippen LogP contribution in [0.4, 0.5) is 0 Å². The molecule has 1 amide bonds. The van der Waals surface area contributed by atoms with Crippen molar-refractivity contribution in [3.8, 4) is 0 Å². The second kappa shape index (κ2) is 4.00. The highest BCUT2D eigenvalue weighted by molar-refractivity contribution is 6.36. The van der Waals surface area contributed by atoms with Gasteiger partial charge in [0.1, 0.15) is 5.71 Å². The fourth-order valence-electron chi connectivity index (χ4n) is 1.64. The first kappa shape index (κ1) is 10.1. The smallest absolute Gasteiger partial charge is 0.352 e. The summed E-state index contributed by atoms with van der Waals surface area (Å²) in [7, 11) is 0. The molecule has 0 atom stereocenters. The highest BCUT2D eigenvalue weighted by Gasteiger charge is 2.27. The van der Waals surface area contributed by atoms with Crippen LogP contribution in [-0.4, -0.2) is 34.2 Å². The van der Waals surface area contributed by atoms with Gasteiger partial charge in [-0.3, -0.25) is 4.79 Å². The second-order valence-electron chi connectivity index (χ2n) is 4.10. The van der Waals surface area contributed by atoms with E-state index < -0.39 is 5.97 Å². The van der Waals surface area contributed by atoms with Gasteiger partial charge in [0.25, 0.3) is 0 Å². The number of rotatable bonds is 4. The zero-order valence-electron chi connectivity index (χ0n) is 8.48. The number of hydrazone groups is 1. The van der Waals surface area contributed by atoms with Crippen LogP contribution in [0.3, 0.4) is 0 Å². The van der Waals surface area contributed by atoms with E-state index in [4.69, 9.17) is 5.11 Å². The molecule has 1 aliphatic carbocycles. The van der Waals surface area contributed by atoms with Crippen molar-refractivity contribution >= 4 is 17.6 Å². The van der Waals surface area contributed by atoms with Gasteiger partial charge in [0.05, 0.1) is 0 Å². The standard InChI is InChI=1S/C10H14N2O3/c13-9-4-3-8(10(14)15)11-12(9)6-5-7-1-2-7/h7H,1-6H2,(H,14,15). The number of nitrogens with zero attached hydrogens (tertiary/aromatic N) is 2. The average molecular weight is 210 g/mol. The molecule has 5 nitrogen and oxygen atoms in total. The summed E-state index contributed by atoms with van der Waals surface area (Å²) >= 11 is 0. The highest BCUT2D eigenvalue weighted by atomic mass is 16.4. The van der Waals surface area contributed by atoms with Crippen molar-refractivity contribution in [2.24, 2.45) is 11.0 Å². The molecule has 1 heterocycles. The lowest BCUT2D eigenvalue weighted by Crippen LogP contribution is -2.35. The molecule has 0 spiro atoms. The Balaban J connectivity index is 1.96. The van der Waals surface area contributed by atoms with Crippen molar-refractivity contribution in [3.05, 3.63) is 0 Å². The third kappa shape index (κ3) is 2.55. The van der Waals surface area contributed by atoms with Crippen LogP contribution >= 0.6 is 0 Å². The summed E-state index contributed by atoms with van der Waals surface area (Å²) in [5.74, 6) is -0.345. The Morgan fingerprint density at radius 2 is 2.20 bits per heavy atom. The third-order valence-electron chi connectivity index (χ3n) is 2.80. The Morgan fingerprint density at radius 1 is 1.47 bits per heavy atom. The van der Waals surface area contributed by atoms with Crippen molar-refractivity contribution in [3.63, 3.8) is 0 Å². The summed E-state index contributed by atoms with van der Waals surface area (Å²) in [6.07, 6.45) is 3.95. The van der Waals surface area contributed by atoms with Gasteiger partial charge in [-0.2, -0.15) is 5.10 Å². The maximum atomic E-state index is 11.4. The molecule has 0 aromatic heterocycles. The molecule has 1 N–H and O–H groups in total. The highest BCUT2D eigenvalue weighted by Crippen LogP contribution is 2.32. The first-order valence-electron chi connectivity index (χ1n) is 5.28. The van der Waals surface area contributed by atoms with Gasteiger partial charge in [-0.25, -0.2) is 9.80 Å². The van der Waals surface area contributed by atoms with Crippen molar-refractivity contribution < 1.29 is 14.7 Å². The fourth-order valence-corrected chi connectivity index (χ4v) is 1.64. The number of hydrogen-bond acceptors (Lipinski definition) is 3. The van der Waals surface area contributed by atoms with Crippen LogP contribution in [-0.2, 0) is 9.59 Å². The molecule has 0 saturated heterocycles. The topological polar surface area (TPSA) is 70.0 Å². The van der Waals surface area contributed by atoms with Gasteiger partial charge in [-0.1, -0.05) is 12.8 Å². The number of carboxylic acids is 1. The van der Waals surface area contributed by atoms with E-state index in [9.17, 15) is 9.59 Å². The zero-order valence-corrected chi connectivity index (χ0v) is 8.48. The Hall–Kier alpha value is -1.39. The largest absolute Gasteiger partial charge is 0.477 e. The lowest BCUT2D eigenvalue weighted by Gasteiger charge is -2.21. The fraction of sp³-hybridized carbons (Fsp3) is 0.700. The summed E-state index contributed by atoms with van der Waals surface area (Å²) in [5, 5.41) is 14.0. The first-order valence-corrected chi connectivity index (χ1v) is 5.28. The average Bonchev–Trinajstić information content (AvgIpc) is 3.00. The monoisotopic (exact) mass is 210 g/mol.